The fourth-order valence-corrected chi connectivity index (χ4v) is 7.44. The molecule has 1 aliphatic heterocycles. The Bertz CT molecular complexity index is 1030. The van der Waals surface area contributed by atoms with E-state index >= 15 is 0 Å². The van der Waals surface area contributed by atoms with Crippen LogP contribution in [0.5, 0.6) is 0 Å². The van der Waals surface area contributed by atoms with E-state index in [2.05, 4.69) is 72.7 Å². The fraction of sp³-hybridized carbons (Fsp3) is 0.818. The van der Waals surface area contributed by atoms with Gasteiger partial charge in [0.15, 0.2) is 28.5 Å². The Morgan fingerprint density at radius 1 is 1.12 bits per heavy atom. The van der Waals surface area contributed by atoms with Crippen molar-refractivity contribution in [1.29, 1.82) is 0 Å². The van der Waals surface area contributed by atoms with Crippen LogP contribution in [0.4, 0.5) is 0 Å². The first-order valence-corrected chi connectivity index (χ1v) is 17.6. The van der Waals surface area contributed by atoms with E-state index in [0.29, 0.717) is 0 Å². The van der Waals surface area contributed by atoms with E-state index in [9.17, 15) is 14.7 Å². The summed E-state index contributed by atoms with van der Waals surface area (Å²) < 4.78 is 21.3. The molecule has 1 saturated heterocycles. The molecule has 1 aromatic heterocycles. The number of hydrogen-bond acceptors (Lipinski definition) is 6. The average Bonchev–Trinajstić information content (AvgIpc) is 3.05. The molecule has 1 aliphatic carbocycles. The molecule has 3 rings (SSSR count). The molecule has 1 saturated carbocycles. The van der Waals surface area contributed by atoms with Gasteiger partial charge in [-0.25, -0.2) is 4.79 Å². The van der Waals surface area contributed by atoms with E-state index in [0.717, 1.165) is 0 Å². The second-order valence-corrected chi connectivity index (χ2v) is 22.3. The molecule has 0 bridgehead atoms. The quantitative estimate of drug-likeness (QED) is 0.441. The predicted octanol–water partition coefficient (Wildman–Crippen LogP) is 3.57. The van der Waals surface area contributed by atoms with Gasteiger partial charge in [0.25, 0.3) is 5.56 Å². The van der Waals surface area contributed by atoms with Crippen molar-refractivity contribution in [3.05, 3.63) is 33.1 Å². The Labute approximate surface area is 202 Å². The van der Waals surface area contributed by atoms with Gasteiger partial charge in [-0.15, -0.1) is 11.6 Å². The number of aromatic amines is 1. The Morgan fingerprint density at radius 2 is 1.67 bits per heavy atom. The number of halogens is 1. The molecule has 2 fully saturated rings. The van der Waals surface area contributed by atoms with Gasteiger partial charge in [-0.3, -0.25) is 14.3 Å². The standard InChI is InChI=1S/C22H39ClN2O6Si2/c1-19(2,3)32(7,8)30-17-21(13-26)22(17,31-33(9,10)20(4,5)6)15(23)16(29-21)25-12-11-14(27)24-18(25)28/h11-12,15-17,26H,13H2,1-10H3,(H,24,27,28)/t15-,16+,17?,21+,22?/m0/s1. The number of hydrogen-bond donors (Lipinski definition) is 2. The molecule has 2 N–H and O–H groups in total. The van der Waals surface area contributed by atoms with Crippen LogP contribution in [0.1, 0.15) is 47.8 Å². The molecule has 8 nitrogen and oxygen atoms in total. The first-order valence-electron chi connectivity index (χ1n) is 11.4. The molecule has 2 aliphatic rings. The number of nitrogens with one attached hydrogen (secondary N) is 1. The zero-order valence-electron chi connectivity index (χ0n) is 21.4. The molecule has 0 aromatic carbocycles. The van der Waals surface area contributed by atoms with E-state index in [4.69, 9.17) is 25.2 Å². The number of fused-ring (bicyclic) bond motifs is 1. The van der Waals surface area contributed by atoms with Crippen LogP contribution in [0.2, 0.25) is 36.3 Å². The van der Waals surface area contributed by atoms with Gasteiger partial charge in [-0.1, -0.05) is 41.5 Å². The third-order valence-corrected chi connectivity index (χ3v) is 17.6. The predicted molar refractivity (Wildman–Crippen MR) is 134 cm³/mol. The summed E-state index contributed by atoms with van der Waals surface area (Å²) in [5.74, 6) is 0. The second-order valence-electron chi connectivity index (χ2n) is 12.4. The van der Waals surface area contributed by atoms with Crippen molar-refractivity contribution in [2.45, 2.75) is 107 Å². The first kappa shape index (κ1) is 26.8. The molecule has 2 unspecified atom stereocenters. The second kappa shape index (κ2) is 7.87. The van der Waals surface area contributed by atoms with Crippen LogP contribution < -0.4 is 11.2 Å². The third kappa shape index (κ3) is 3.95. The number of aromatic nitrogens is 2. The first-order chi connectivity index (χ1) is 14.8. The van der Waals surface area contributed by atoms with Gasteiger partial charge in [0.1, 0.15) is 17.1 Å². The lowest BCUT2D eigenvalue weighted by atomic mass is 10.1. The molecule has 33 heavy (non-hydrogen) atoms. The van der Waals surface area contributed by atoms with E-state index in [-0.39, 0.29) is 16.7 Å². The lowest BCUT2D eigenvalue weighted by Gasteiger charge is -2.42. The topological polar surface area (TPSA) is 103 Å². The lowest BCUT2D eigenvalue weighted by molar-refractivity contribution is -0.0858. The molecular weight excluding hydrogens is 480 g/mol. The normalized spacial score (nSPS) is 32.7. The Morgan fingerprint density at radius 3 is 2.12 bits per heavy atom. The Hall–Kier alpha value is -0.756. The van der Waals surface area contributed by atoms with Gasteiger partial charge >= 0.3 is 5.69 Å². The van der Waals surface area contributed by atoms with Gasteiger partial charge in [-0.2, -0.15) is 0 Å². The van der Waals surface area contributed by atoms with Crippen LogP contribution in [0.3, 0.4) is 0 Å². The van der Waals surface area contributed by atoms with Crippen molar-refractivity contribution in [3.63, 3.8) is 0 Å². The Kier molecular flexibility index (Phi) is 6.40. The molecule has 1 aromatic rings. The smallest absolute Gasteiger partial charge is 0.330 e. The minimum Gasteiger partial charge on any atom is -0.408 e. The van der Waals surface area contributed by atoms with Gasteiger partial charge < -0.3 is 18.7 Å². The third-order valence-electron chi connectivity index (χ3n) is 8.19. The number of alkyl halides is 1. The molecule has 0 spiro atoms. The number of aliphatic hydroxyl groups excluding tert-OH is 1. The molecule has 0 amide bonds. The largest absolute Gasteiger partial charge is 0.408 e. The van der Waals surface area contributed by atoms with Gasteiger partial charge in [0.2, 0.25) is 0 Å². The number of ether oxygens (including phenoxy) is 1. The van der Waals surface area contributed by atoms with E-state index < -0.39 is 56.8 Å². The molecule has 5 atom stereocenters. The summed E-state index contributed by atoms with van der Waals surface area (Å²) in [5, 5.41) is 9.62. The van der Waals surface area contributed by atoms with Crippen molar-refractivity contribution in [2.75, 3.05) is 6.61 Å². The molecule has 2 heterocycles. The lowest BCUT2D eigenvalue weighted by Crippen LogP contribution is -2.52. The summed E-state index contributed by atoms with van der Waals surface area (Å²) in [7, 11) is -4.69. The van der Waals surface area contributed by atoms with Crippen LogP contribution in [0, 0.1) is 0 Å². The molecule has 11 heteroatoms. The van der Waals surface area contributed by atoms with E-state index in [1.54, 1.807) is 0 Å². The zero-order valence-corrected chi connectivity index (χ0v) is 24.2. The van der Waals surface area contributed by atoms with Crippen LogP contribution in [-0.4, -0.2) is 60.6 Å². The highest BCUT2D eigenvalue weighted by atomic mass is 35.5. The van der Waals surface area contributed by atoms with Crippen molar-refractivity contribution in [1.82, 2.24) is 9.55 Å². The maximum Gasteiger partial charge on any atom is 0.330 e. The number of rotatable bonds is 6. The van der Waals surface area contributed by atoms with Crippen LogP contribution in [0.25, 0.3) is 0 Å². The Balaban J connectivity index is 2.11. The summed E-state index contributed by atoms with van der Waals surface area (Å²) >= 11 is 7.08. The van der Waals surface area contributed by atoms with Crippen LogP contribution in [-0.2, 0) is 13.6 Å². The highest BCUT2D eigenvalue weighted by Crippen LogP contribution is 2.69. The van der Waals surface area contributed by atoms with Gasteiger partial charge in [0, 0.05) is 12.3 Å². The summed E-state index contributed by atoms with van der Waals surface area (Å²) in [6, 6.07) is 1.24. The number of H-pyrrole nitrogens is 1. The molecular formula is C22H39ClN2O6Si2. The van der Waals surface area contributed by atoms with E-state index in [1.165, 1.54) is 16.8 Å². The van der Waals surface area contributed by atoms with Crippen molar-refractivity contribution in [2.24, 2.45) is 0 Å². The van der Waals surface area contributed by atoms with E-state index in [1.807, 2.05) is 0 Å². The number of nitrogens with zero attached hydrogens (tertiary/aromatic N) is 1. The fourth-order valence-electron chi connectivity index (χ4n) is 3.98. The summed E-state index contributed by atoms with van der Waals surface area (Å²) in [4.78, 5) is 26.3. The highest BCUT2D eigenvalue weighted by Gasteiger charge is 2.90. The molecule has 0 radical (unpaired) electrons. The monoisotopic (exact) mass is 518 g/mol. The highest BCUT2D eigenvalue weighted by molar-refractivity contribution is 6.75. The van der Waals surface area contributed by atoms with Crippen LogP contribution >= 0.6 is 11.6 Å². The summed E-state index contributed by atoms with van der Waals surface area (Å²) in [6.45, 7) is 21.0. The summed E-state index contributed by atoms with van der Waals surface area (Å²) in [5.41, 5.74) is -3.46. The number of aliphatic hydroxyl groups is 1. The van der Waals surface area contributed by atoms with Gasteiger partial charge in [0.05, 0.1) is 6.61 Å². The maximum atomic E-state index is 12.5. The minimum absolute atomic E-state index is 0.0736. The maximum absolute atomic E-state index is 12.5. The van der Waals surface area contributed by atoms with Crippen molar-refractivity contribution >= 4 is 28.2 Å². The van der Waals surface area contributed by atoms with Crippen molar-refractivity contribution in [3.8, 4) is 0 Å². The molecule has 188 valence electrons. The SMILES string of the molecule is CC(C)(C)[Si](C)(C)OC1C2(O[Si](C)(C)C(C)(C)C)[C@@H](Cl)[C@H](n3ccc(=O)[nH]c3=O)O[C@]12CO. The minimum atomic E-state index is -2.41. The van der Waals surface area contributed by atoms with Crippen molar-refractivity contribution < 1.29 is 18.7 Å². The average molecular weight is 519 g/mol. The van der Waals surface area contributed by atoms with Gasteiger partial charge in [-0.05, 0) is 36.3 Å². The summed E-state index contributed by atoms with van der Waals surface area (Å²) in [6.07, 6.45) is -0.129. The zero-order chi connectivity index (χ0) is 25.4. The van der Waals surface area contributed by atoms with Crippen LogP contribution in [0.15, 0.2) is 21.9 Å².